The second-order valence-electron chi connectivity index (χ2n) is 8.06. The van der Waals surface area contributed by atoms with Gasteiger partial charge in [-0.05, 0) is 42.7 Å². The van der Waals surface area contributed by atoms with Gasteiger partial charge in [-0.3, -0.25) is 14.7 Å². The van der Waals surface area contributed by atoms with E-state index in [-0.39, 0.29) is 22.4 Å². The number of piperazine rings is 1. The lowest BCUT2D eigenvalue weighted by atomic mass is 10.1. The Labute approximate surface area is 193 Å². The first kappa shape index (κ1) is 23.1. The fourth-order valence-corrected chi connectivity index (χ4v) is 5.53. The maximum Gasteiger partial charge on any atom is 0.253 e. The molecule has 172 valence electrons. The van der Waals surface area contributed by atoms with Crippen LogP contribution in [-0.2, 0) is 21.3 Å². The Kier molecular flexibility index (Phi) is 7.42. The van der Waals surface area contributed by atoms with E-state index in [0.29, 0.717) is 24.8 Å². The van der Waals surface area contributed by atoms with Crippen molar-refractivity contribution in [3.05, 3.63) is 58.9 Å². The smallest absolute Gasteiger partial charge is 0.253 e. The van der Waals surface area contributed by atoms with Gasteiger partial charge in [0.25, 0.3) is 5.91 Å². The number of halogens is 1. The number of sulfonamides is 1. The van der Waals surface area contributed by atoms with Gasteiger partial charge in [-0.1, -0.05) is 17.7 Å². The molecule has 0 saturated carbocycles. The van der Waals surface area contributed by atoms with Crippen molar-refractivity contribution in [1.82, 2.24) is 19.5 Å². The molecule has 2 fully saturated rings. The third-order valence-electron chi connectivity index (χ3n) is 5.80. The maximum absolute atomic E-state index is 13.0. The number of ether oxygens (including phenoxy) is 1. The molecule has 1 amide bonds. The summed E-state index contributed by atoms with van der Waals surface area (Å²) in [5.41, 5.74) is 1.03. The number of carbonyl (C=O) groups is 1. The topological polar surface area (TPSA) is 91.8 Å². The number of rotatable bonds is 7. The number of benzene rings is 1. The van der Waals surface area contributed by atoms with Gasteiger partial charge in [-0.25, -0.2) is 13.1 Å². The monoisotopic (exact) mass is 478 g/mol. The third kappa shape index (κ3) is 5.65. The van der Waals surface area contributed by atoms with Crippen LogP contribution in [0.4, 0.5) is 0 Å². The number of aromatic nitrogens is 1. The van der Waals surface area contributed by atoms with E-state index in [2.05, 4.69) is 14.6 Å². The Morgan fingerprint density at radius 2 is 2.03 bits per heavy atom. The molecule has 10 heteroatoms. The highest BCUT2D eigenvalue weighted by Crippen LogP contribution is 2.24. The fraction of sp³-hybridized carbons (Fsp3) is 0.455. The third-order valence-corrected chi connectivity index (χ3v) is 7.68. The molecular formula is C22H27ClN4O4S. The van der Waals surface area contributed by atoms with Gasteiger partial charge < -0.3 is 9.64 Å². The lowest BCUT2D eigenvalue weighted by molar-refractivity contribution is 0.0432. The lowest BCUT2D eigenvalue weighted by Gasteiger charge is -2.35. The van der Waals surface area contributed by atoms with Crippen LogP contribution < -0.4 is 4.72 Å². The number of nitrogens with one attached hydrogen (secondary N) is 1. The van der Waals surface area contributed by atoms with Crippen LogP contribution in [0.2, 0.25) is 5.02 Å². The van der Waals surface area contributed by atoms with Crippen molar-refractivity contribution in [2.45, 2.75) is 30.4 Å². The first-order valence-corrected chi connectivity index (χ1v) is 12.6. The Bertz CT molecular complexity index is 1040. The van der Waals surface area contributed by atoms with Gasteiger partial charge in [-0.15, -0.1) is 0 Å². The summed E-state index contributed by atoms with van der Waals surface area (Å²) in [7, 11) is -3.90. The zero-order valence-corrected chi connectivity index (χ0v) is 19.3. The van der Waals surface area contributed by atoms with Crippen molar-refractivity contribution in [2.24, 2.45) is 0 Å². The molecule has 0 spiro atoms. The van der Waals surface area contributed by atoms with Crippen molar-refractivity contribution in [3.63, 3.8) is 0 Å². The van der Waals surface area contributed by atoms with Crippen LogP contribution in [0.15, 0.2) is 47.6 Å². The standard InChI is InChI=1S/C22H27ClN4O4S/c23-20-6-5-18(13-21(20)32(29,30)25-15-17-3-1-7-24-14-17)22(28)27-10-8-26(9-11-27)16-19-4-2-12-31-19/h1,3,5-7,13-14,19,25H,2,4,8-12,15-16H2. The second kappa shape index (κ2) is 10.3. The molecule has 1 aromatic carbocycles. The van der Waals surface area contributed by atoms with Crippen molar-refractivity contribution in [1.29, 1.82) is 0 Å². The van der Waals surface area contributed by atoms with Gasteiger partial charge >= 0.3 is 0 Å². The molecule has 2 aromatic rings. The Morgan fingerprint density at radius 3 is 2.72 bits per heavy atom. The number of amides is 1. The molecule has 3 heterocycles. The minimum atomic E-state index is -3.90. The van der Waals surface area contributed by atoms with Gasteiger partial charge in [0, 0.05) is 63.8 Å². The molecule has 1 unspecified atom stereocenters. The van der Waals surface area contributed by atoms with Gasteiger partial charge in [-0.2, -0.15) is 0 Å². The van der Waals surface area contributed by atoms with Gasteiger partial charge in [0.2, 0.25) is 10.0 Å². The summed E-state index contributed by atoms with van der Waals surface area (Å²) in [6.07, 6.45) is 5.70. The molecule has 2 saturated heterocycles. The summed E-state index contributed by atoms with van der Waals surface area (Å²) >= 11 is 6.18. The van der Waals surface area contributed by atoms with E-state index in [1.807, 2.05) is 0 Å². The number of nitrogens with zero attached hydrogens (tertiary/aromatic N) is 3. The van der Waals surface area contributed by atoms with Gasteiger partial charge in [0.05, 0.1) is 11.1 Å². The molecule has 1 atom stereocenters. The van der Waals surface area contributed by atoms with E-state index in [1.165, 1.54) is 12.1 Å². The van der Waals surface area contributed by atoms with E-state index >= 15 is 0 Å². The average Bonchev–Trinajstić information content (AvgIpc) is 3.32. The van der Waals surface area contributed by atoms with Crippen molar-refractivity contribution in [2.75, 3.05) is 39.3 Å². The Balaban J connectivity index is 1.40. The quantitative estimate of drug-likeness (QED) is 0.655. The Hall–Kier alpha value is -2.04. The molecule has 4 rings (SSSR count). The van der Waals surface area contributed by atoms with Crippen LogP contribution >= 0.6 is 11.6 Å². The number of hydrogen-bond donors (Lipinski definition) is 1. The zero-order chi connectivity index (χ0) is 22.6. The maximum atomic E-state index is 13.0. The summed E-state index contributed by atoms with van der Waals surface area (Å²) in [6.45, 7) is 4.55. The molecule has 2 aliphatic rings. The molecular weight excluding hydrogens is 452 g/mol. The first-order chi connectivity index (χ1) is 15.4. The number of carbonyl (C=O) groups excluding carboxylic acids is 1. The van der Waals surface area contributed by atoms with Gasteiger partial charge in [0.1, 0.15) is 4.90 Å². The van der Waals surface area contributed by atoms with Crippen molar-refractivity contribution < 1.29 is 17.9 Å². The van der Waals surface area contributed by atoms with Crippen molar-refractivity contribution in [3.8, 4) is 0 Å². The van der Waals surface area contributed by atoms with Crippen LogP contribution in [0.5, 0.6) is 0 Å². The molecule has 0 aliphatic carbocycles. The largest absolute Gasteiger partial charge is 0.377 e. The summed E-state index contributed by atoms with van der Waals surface area (Å²) in [6, 6.07) is 7.89. The SMILES string of the molecule is O=C(c1ccc(Cl)c(S(=O)(=O)NCc2cccnc2)c1)N1CCN(CC2CCCO2)CC1. The number of hydrogen-bond acceptors (Lipinski definition) is 6. The van der Waals surface area contributed by atoms with E-state index in [9.17, 15) is 13.2 Å². The van der Waals surface area contributed by atoms with E-state index in [0.717, 1.165) is 44.6 Å². The van der Waals surface area contributed by atoms with E-state index in [1.54, 1.807) is 35.5 Å². The summed E-state index contributed by atoms with van der Waals surface area (Å²) in [4.78, 5) is 21.0. The summed E-state index contributed by atoms with van der Waals surface area (Å²) < 4.78 is 33.9. The fourth-order valence-electron chi connectivity index (χ4n) is 3.99. The Morgan fingerprint density at radius 1 is 1.22 bits per heavy atom. The predicted octanol–water partition coefficient (Wildman–Crippen LogP) is 2.15. The molecule has 0 radical (unpaired) electrons. The van der Waals surface area contributed by atoms with Crippen molar-refractivity contribution >= 4 is 27.5 Å². The predicted molar refractivity (Wildman–Crippen MR) is 121 cm³/mol. The highest BCUT2D eigenvalue weighted by atomic mass is 35.5. The molecule has 0 bridgehead atoms. The van der Waals surface area contributed by atoms with E-state index in [4.69, 9.17) is 16.3 Å². The normalized spacial score (nSPS) is 19.9. The molecule has 32 heavy (non-hydrogen) atoms. The molecule has 1 aromatic heterocycles. The first-order valence-electron chi connectivity index (χ1n) is 10.7. The van der Waals surface area contributed by atoms with E-state index < -0.39 is 10.0 Å². The van der Waals surface area contributed by atoms with Crippen LogP contribution in [0.3, 0.4) is 0 Å². The number of pyridine rings is 1. The molecule has 1 N–H and O–H groups in total. The second-order valence-corrected chi connectivity index (χ2v) is 10.2. The summed E-state index contributed by atoms with van der Waals surface area (Å²) in [5, 5.41) is 0.0709. The molecule has 2 aliphatic heterocycles. The van der Waals surface area contributed by atoms with Crippen LogP contribution in [0.25, 0.3) is 0 Å². The average molecular weight is 479 g/mol. The van der Waals surface area contributed by atoms with Crippen LogP contribution in [0.1, 0.15) is 28.8 Å². The van der Waals surface area contributed by atoms with Crippen LogP contribution in [0, 0.1) is 0 Å². The lowest BCUT2D eigenvalue weighted by Crippen LogP contribution is -2.50. The summed E-state index contributed by atoms with van der Waals surface area (Å²) in [5.74, 6) is -0.192. The highest BCUT2D eigenvalue weighted by Gasteiger charge is 2.27. The molecule has 8 nitrogen and oxygen atoms in total. The minimum Gasteiger partial charge on any atom is -0.377 e. The zero-order valence-electron chi connectivity index (χ0n) is 17.7. The minimum absolute atomic E-state index is 0.0709. The van der Waals surface area contributed by atoms with Crippen LogP contribution in [-0.4, -0.2) is 74.5 Å². The highest BCUT2D eigenvalue weighted by molar-refractivity contribution is 7.89. The van der Waals surface area contributed by atoms with Gasteiger partial charge in [0.15, 0.2) is 0 Å².